The van der Waals surface area contributed by atoms with E-state index in [4.69, 9.17) is 0 Å². The Kier molecular flexibility index (Phi) is 4.47. The zero-order valence-corrected chi connectivity index (χ0v) is 13.5. The molecule has 0 aliphatic carbocycles. The van der Waals surface area contributed by atoms with Crippen molar-refractivity contribution in [1.29, 1.82) is 0 Å². The highest BCUT2D eigenvalue weighted by atomic mass is 79.9. The second kappa shape index (κ2) is 5.95. The molecule has 1 aliphatic heterocycles. The molecule has 0 saturated carbocycles. The van der Waals surface area contributed by atoms with Crippen molar-refractivity contribution in [3.05, 3.63) is 15.9 Å². The molecule has 1 aromatic heterocycles. The Labute approximate surface area is 126 Å². The first kappa shape index (κ1) is 15.0. The molecule has 0 radical (unpaired) electrons. The van der Waals surface area contributed by atoms with Crippen LogP contribution in [0.25, 0.3) is 0 Å². The summed E-state index contributed by atoms with van der Waals surface area (Å²) in [6, 6.07) is -0.394. The molecule has 7 heteroatoms. The summed E-state index contributed by atoms with van der Waals surface area (Å²) in [5.74, 6) is -0.115. The van der Waals surface area contributed by atoms with Crippen LogP contribution in [-0.4, -0.2) is 39.1 Å². The molecule has 1 atom stereocenters. The van der Waals surface area contributed by atoms with E-state index in [0.29, 0.717) is 13.0 Å². The van der Waals surface area contributed by atoms with Crippen LogP contribution in [0.1, 0.15) is 31.2 Å². The third-order valence-corrected chi connectivity index (χ3v) is 4.49. The zero-order chi connectivity index (χ0) is 14.9. The van der Waals surface area contributed by atoms with E-state index in [9.17, 15) is 9.59 Å². The lowest BCUT2D eigenvalue weighted by Crippen LogP contribution is -2.57. The number of nitrogens with zero attached hydrogens (tertiary/aromatic N) is 3. The predicted molar refractivity (Wildman–Crippen MR) is 77.9 cm³/mol. The van der Waals surface area contributed by atoms with Gasteiger partial charge in [-0.3, -0.25) is 14.3 Å². The maximum absolute atomic E-state index is 12.4. The molecule has 1 saturated heterocycles. The van der Waals surface area contributed by atoms with Crippen molar-refractivity contribution in [1.82, 2.24) is 20.0 Å². The smallest absolute Gasteiger partial charge is 0.245 e. The highest BCUT2D eigenvalue weighted by molar-refractivity contribution is 9.10. The van der Waals surface area contributed by atoms with Crippen LogP contribution in [0.5, 0.6) is 0 Å². The van der Waals surface area contributed by atoms with Crippen molar-refractivity contribution < 1.29 is 9.59 Å². The maximum atomic E-state index is 12.4. The molecule has 2 amide bonds. The summed E-state index contributed by atoms with van der Waals surface area (Å²) in [6.07, 6.45) is 1.53. The van der Waals surface area contributed by atoms with Gasteiger partial charge in [0.25, 0.3) is 0 Å². The van der Waals surface area contributed by atoms with Gasteiger partial charge in [-0.1, -0.05) is 13.3 Å². The lowest BCUT2D eigenvalue weighted by atomic mass is 10.1. The highest BCUT2D eigenvalue weighted by Crippen LogP contribution is 2.22. The van der Waals surface area contributed by atoms with Gasteiger partial charge in [-0.25, -0.2) is 0 Å². The van der Waals surface area contributed by atoms with Gasteiger partial charge in [0.15, 0.2) is 0 Å². The Morgan fingerprint density at radius 2 is 2.15 bits per heavy atom. The Balaban J connectivity index is 2.19. The lowest BCUT2D eigenvalue weighted by Gasteiger charge is -2.32. The number of rotatable bonds is 4. The van der Waals surface area contributed by atoms with E-state index in [-0.39, 0.29) is 18.4 Å². The van der Waals surface area contributed by atoms with E-state index < -0.39 is 6.04 Å². The summed E-state index contributed by atoms with van der Waals surface area (Å²) in [7, 11) is 1.84. The van der Waals surface area contributed by atoms with Crippen LogP contribution in [0.3, 0.4) is 0 Å². The van der Waals surface area contributed by atoms with E-state index >= 15 is 0 Å². The third kappa shape index (κ3) is 2.87. The van der Waals surface area contributed by atoms with Gasteiger partial charge >= 0.3 is 0 Å². The Bertz CT molecular complexity index is 541. The normalized spacial score (nSPS) is 19.4. The Hall–Kier alpha value is -1.37. The molecule has 6 nitrogen and oxygen atoms in total. The SMILES string of the molecule is CCCC1NC(=O)CN(Cc2c(Br)c(C)nn2C)C1=O. The van der Waals surface area contributed by atoms with Gasteiger partial charge in [-0.05, 0) is 29.3 Å². The van der Waals surface area contributed by atoms with Crippen LogP contribution in [0.15, 0.2) is 4.47 Å². The zero-order valence-electron chi connectivity index (χ0n) is 11.9. The first-order chi connectivity index (χ1) is 9.43. The fourth-order valence-electron chi connectivity index (χ4n) is 2.42. The summed E-state index contributed by atoms with van der Waals surface area (Å²) in [6.45, 7) is 4.40. The van der Waals surface area contributed by atoms with Crippen molar-refractivity contribution in [3.63, 3.8) is 0 Å². The van der Waals surface area contributed by atoms with Gasteiger partial charge in [0, 0.05) is 7.05 Å². The largest absolute Gasteiger partial charge is 0.343 e. The Morgan fingerprint density at radius 3 is 2.70 bits per heavy atom. The lowest BCUT2D eigenvalue weighted by molar-refractivity contribution is -0.145. The molecule has 1 fully saturated rings. The fraction of sp³-hybridized carbons (Fsp3) is 0.615. The van der Waals surface area contributed by atoms with Crippen molar-refractivity contribution in [3.8, 4) is 0 Å². The summed E-state index contributed by atoms with van der Waals surface area (Å²) < 4.78 is 2.64. The van der Waals surface area contributed by atoms with Gasteiger partial charge in [-0.2, -0.15) is 5.10 Å². The number of halogens is 1. The van der Waals surface area contributed by atoms with Crippen LogP contribution in [0, 0.1) is 6.92 Å². The number of aryl methyl sites for hydroxylation is 2. The summed E-state index contributed by atoms with van der Waals surface area (Å²) in [4.78, 5) is 25.7. The molecule has 110 valence electrons. The third-order valence-electron chi connectivity index (χ3n) is 3.46. The number of hydrogen-bond donors (Lipinski definition) is 1. The summed E-state index contributed by atoms with van der Waals surface area (Å²) in [5, 5.41) is 7.06. The quantitative estimate of drug-likeness (QED) is 0.891. The molecule has 2 rings (SSSR count). The van der Waals surface area contributed by atoms with Crippen LogP contribution >= 0.6 is 15.9 Å². The number of amides is 2. The van der Waals surface area contributed by atoms with Crippen molar-refractivity contribution in [2.45, 2.75) is 39.3 Å². The van der Waals surface area contributed by atoms with Gasteiger partial charge in [-0.15, -0.1) is 0 Å². The predicted octanol–water partition coefficient (Wildman–Crippen LogP) is 1.12. The molecule has 0 spiro atoms. The van der Waals surface area contributed by atoms with E-state index in [2.05, 4.69) is 26.3 Å². The maximum Gasteiger partial charge on any atom is 0.245 e. The standard InChI is InChI=1S/C13H19BrN4O2/c1-4-5-9-13(20)18(7-11(19)15-9)6-10-12(14)8(2)16-17(10)3/h9H,4-7H2,1-3H3,(H,15,19). The number of aromatic nitrogens is 2. The van der Waals surface area contributed by atoms with E-state index in [1.807, 2.05) is 20.9 Å². The van der Waals surface area contributed by atoms with Crippen LogP contribution < -0.4 is 5.32 Å². The summed E-state index contributed by atoms with van der Waals surface area (Å²) >= 11 is 3.49. The number of piperazine rings is 1. The number of carbonyl (C=O) groups is 2. The first-order valence-corrected chi connectivity index (χ1v) is 7.49. The monoisotopic (exact) mass is 342 g/mol. The van der Waals surface area contributed by atoms with Crippen LogP contribution in [0.4, 0.5) is 0 Å². The van der Waals surface area contributed by atoms with Gasteiger partial charge in [0.05, 0.1) is 22.4 Å². The molecular formula is C13H19BrN4O2. The van der Waals surface area contributed by atoms with Crippen LogP contribution in [0.2, 0.25) is 0 Å². The molecule has 1 aromatic rings. The van der Waals surface area contributed by atoms with Gasteiger partial charge in [0.1, 0.15) is 12.6 Å². The average Bonchev–Trinajstić information content (AvgIpc) is 2.62. The molecule has 0 bridgehead atoms. The van der Waals surface area contributed by atoms with Crippen molar-refractivity contribution in [2.24, 2.45) is 7.05 Å². The molecule has 2 heterocycles. The highest BCUT2D eigenvalue weighted by Gasteiger charge is 2.32. The number of nitrogens with one attached hydrogen (secondary N) is 1. The van der Waals surface area contributed by atoms with E-state index in [1.54, 1.807) is 9.58 Å². The van der Waals surface area contributed by atoms with E-state index in [1.165, 1.54) is 0 Å². The number of hydrogen-bond acceptors (Lipinski definition) is 3. The minimum atomic E-state index is -0.394. The molecule has 0 aromatic carbocycles. The second-order valence-electron chi connectivity index (χ2n) is 5.07. The van der Waals surface area contributed by atoms with E-state index in [0.717, 1.165) is 22.3 Å². The van der Waals surface area contributed by atoms with Gasteiger partial charge in [0.2, 0.25) is 11.8 Å². The molecule has 20 heavy (non-hydrogen) atoms. The van der Waals surface area contributed by atoms with Crippen LogP contribution in [-0.2, 0) is 23.2 Å². The van der Waals surface area contributed by atoms with Gasteiger partial charge < -0.3 is 10.2 Å². The summed E-state index contributed by atoms with van der Waals surface area (Å²) in [5.41, 5.74) is 1.78. The second-order valence-corrected chi connectivity index (χ2v) is 5.87. The molecule has 1 N–H and O–H groups in total. The Morgan fingerprint density at radius 1 is 1.45 bits per heavy atom. The molecular weight excluding hydrogens is 324 g/mol. The van der Waals surface area contributed by atoms with Crippen molar-refractivity contribution >= 4 is 27.7 Å². The fourth-order valence-corrected chi connectivity index (χ4v) is 2.89. The molecule has 1 aliphatic rings. The first-order valence-electron chi connectivity index (χ1n) is 6.70. The van der Waals surface area contributed by atoms with Crippen molar-refractivity contribution in [2.75, 3.05) is 6.54 Å². The topological polar surface area (TPSA) is 67.2 Å². The minimum absolute atomic E-state index is 0.0165. The average molecular weight is 343 g/mol. The number of carbonyl (C=O) groups excluding carboxylic acids is 2. The molecule has 1 unspecified atom stereocenters. The minimum Gasteiger partial charge on any atom is -0.343 e.